The van der Waals surface area contributed by atoms with Gasteiger partial charge in [0, 0.05) is 35.4 Å². The second kappa shape index (κ2) is 8.89. The number of nitrogen functional groups attached to an aromatic ring is 1. The molecule has 4 aromatic rings. The topological polar surface area (TPSA) is 111 Å². The van der Waals surface area contributed by atoms with Crippen LogP contribution in [0.25, 0.3) is 22.5 Å². The zero-order valence-electron chi connectivity index (χ0n) is 18.8. The first kappa shape index (κ1) is 22.8. The molecule has 0 radical (unpaired) electrons. The summed E-state index contributed by atoms with van der Waals surface area (Å²) in [6, 6.07) is 11.4. The van der Waals surface area contributed by atoms with Crippen molar-refractivity contribution in [1.29, 1.82) is 0 Å². The van der Waals surface area contributed by atoms with Gasteiger partial charge in [-0.3, -0.25) is 4.68 Å². The molecule has 10 heteroatoms. The minimum absolute atomic E-state index is 0.127. The average molecular weight is 463 g/mol. The number of carbonyl (C=O) groups is 1. The number of halogens is 2. The fourth-order valence-corrected chi connectivity index (χ4v) is 3.26. The molecule has 2 aromatic carbocycles. The van der Waals surface area contributed by atoms with Crippen molar-refractivity contribution in [2.45, 2.75) is 26.3 Å². The molecule has 4 N–H and O–H groups in total. The van der Waals surface area contributed by atoms with E-state index in [1.165, 1.54) is 6.07 Å². The largest absolute Gasteiger partial charge is 0.368 e. The summed E-state index contributed by atoms with van der Waals surface area (Å²) in [5, 5.41) is 9.92. The number of nitrogens with two attached hydrogens (primary N) is 1. The second-order valence-corrected chi connectivity index (χ2v) is 8.60. The monoisotopic (exact) mass is 463 g/mol. The van der Waals surface area contributed by atoms with E-state index in [2.05, 4.69) is 20.6 Å². The molecular formula is C24H23F2N7O. The Labute approximate surface area is 194 Å². The highest BCUT2D eigenvalue weighted by Gasteiger charge is 2.21. The lowest BCUT2D eigenvalue weighted by atomic mass is 10.0. The zero-order chi connectivity index (χ0) is 24.5. The molecule has 0 bridgehead atoms. The molecule has 0 atom stereocenters. The van der Waals surface area contributed by atoms with Gasteiger partial charge in [-0.1, -0.05) is 12.1 Å². The van der Waals surface area contributed by atoms with Crippen LogP contribution < -0.4 is 16.4 Å². The van der Waals surface area contributed by atoms with E-state index in [0.717, 1.165) is 23.3 Å². The first-order valence-electron chi connectivity index (χ1n) is 10.4. The predicted octanol–water partition coefficient (Wildman–Crippen LogP) is 5.27. The standard InChI is InChI=1S/C24H23F2N7O/c1-24(2,3)33-13-17(21(32-33)20-9-10-28-22(27)31-20)14-5-4-6-15(11-14)29-23(34)30-16-7-8-18(25)19(26)12-16/h4-13H,1-3H3,(H2,27,28,31)(H2,29,30,34). The minimum Gasteiger partial charge on any atom is -0.368 e. The maximum atomic E-state index is 13.4. The summed E-state index contributed by atoms with van der Waals surface area (Å²) < 4.78 is 28.4. The van der Waals surface area contributed by atoms with Gasteiger partial charge in [-0.2, -0.15) is 5.10 Å². The number of urea groups is 1. The minimum atomic E-state index is -1.05. The van der Waals surface area contributed by atoms with Crippen molar-refractivity contribution in [2.24, 2.45) is 0 Å². The lowest BCUT2D eigenvalue weighted by Gasteiger charge is -2.18. The van der Waals surface area contributed by atoms with Gasteiger partial charge in [-0.05, 0) is 56.7 Å². The van der Waals surface area contributed by atoms with Crippen molar-refractivity contribution in [1.82, 2.24) is 19.7 Å². The molecule has 2 amide bonds. The van der Waals surface area contributed by atoms with E-state index in [9.17, 15) is 13.6 Å². The number of hydrogen-bond acceptors (Lipinski definition) is 5. The summed E-state index contributed by atoms with van der Waals surface area (Å²) in [6.07, 6.45) is 3.48. The van der Waals surface area contributed by atoms with Gasteiger partial charge in [-0.15, -0.1) is 0 Å². The van der Waals surface area contributed by atoms with Gasteiger partial charge in [0.05, 0.1) is 11.2 Å². The third-order valence-corrected chi connectivity index (χ3v) is 4.93. The normalized spacial score (nSPS) is 11.3. The van der Waals surface area contributed by atoms with Crippen LogP contribution in [0.4, 0.5) is 30.9 Å². The lowest BCUT2D eigenvalue weighted by Crippen LogP contribution is -2.22. The van der Waals surface area contributed by atoms with Gasteiger partial charge >= 0.3 is 6.03 Å². The molecule has 0 spiro atoms. The van der Waals surface area contributed by atoms with Gasteiger partial charge in [0.2, 0.25) is 5.95 Å². The van der Waals surface area contributed by atoms with E-state index in [-0.39, 0.29) is 17.2 Å². The summed E-state index contributed by atoms with van der Waals surface area (Å²) in [5.41, 5.74) is 8.88. The molecule has 0 unspecified atom stereocenters. The van der Waals surface area contributed by atoms with Crippen molar-refractivity contribution in [3.8, 4) is 22.5 Å². The third-order valence-electron chi connectivity index (χ3n) is 4.93. The van der Waals surface area contributed by atoms with E-state index >= 15 is 0 Å². The number of aromatic nitrogens is 4. The number of amides is 2. The molecule has 8 nitrogen and oxygen atoms in total. The first-order chi connectivity index (χ1) is 16.1. The fraction of sp³-hybridized carbons (Fsp3) is 0.167. The summed E-state index contributed by atoms with van der Waals surface area (Å²) in [5.74, 6) is -1.90. The van der Waals surface area contributed by atoms with Crippen LogP contribution in [0.3, 0.4) is 0 Å². The van der Waals surface area contributed by atoms with Crippen molar-refractivity contribution < 1.29 is 13.6 Å². The predicted molar refractivity (Wildman–Crippen MR) is 127 cm³/mol. The Morgan fingerprint density at radius 3 is 2.41 bits per heavy atom. The second-order valence-electron chi connectivity index (χ2n) is 8.60. The summed E-state index contributed by atoms with van der Waals surface area (Å²) >= 11 is 0. The maximum Gasteiger partial charge on any atom is 0.323 e. The van der Waals surface area contributed by atoms with E-state index in [4.69, 9.17) is 10.8 Å². The number of hydrogen-bond donors (Lipinski definition) is 3. The van der Waals surface area contributed by atoms with Crippen LogP contribution in [-0.2, 0) is 5.54 Å². The van der Waals surface area contributed by atoms with Crippen LogP contribution in [0.15, 0.2) is 60.9 Å². The van der Waals surface area contributed by atoms with Crippen LogP contribution in [0.2, 0.25) is 0 Å². The van der Waals surface area contributed by atoms with Crippen LogP contribution in [0.1, 0.15) is 20.8 Å². The number of anilines is 3. The lowest BCUT2D eigenvalue weighted by molar-refractivity contribution is 0.262. The molecule has 2 heterocycles. The molecule has 174 valence electrons. The van der Waals surface area contributed by atoms with Crippen molar-refractivity contribution in [2.75, 3.05) is 16.4 Å². The molecule has 0 saturated carbocycles. The van der Waals surface area contributed by atoms with Crippen LogP contribution in [0, 0.1) is 11.6 Å². The molecule has 34 heavy (non-hydrogen) atoms. The Hall–Kier alpha value is -4.34. The summed E-state index contributed by atoms with van der Waals surface area (Å²) in [6.45, 7) is 6.09. The Bertz CT molecular complexity index is 1360. The quantitative estimate of drug-likeness (QED) is 0.382. The highest BCUT2D eigenvalue weighted by atomic mass is 19.2. The molecule has 0 aliphatic heterocycles. The highest BCUT2D eigenvalue weighted by molar-refractivity contribution is 6.00. The molecule has 2 aromatic heterocycles. The number of nitrogens with zero attached hydrogens (tertiary/aromatic N) is 4. The Balaban J connectivity index is 1.65. The van der Waals surface area contributed by atoms with E-state index in [1.54, 1.807) is 30.5 Å². The van der Waals surface area contributed by atoms with E-state index in [0.29, 0.717) is 17.1 Å². The number of rotatable bonds is 4. The molecule has 4 rings (SSSR count). The van der Waals surface area contributed by atoms with Crippen LogP contribution in [0.5, 0.6) is 0 Å². The Kier molecular flexibility index (Phi) is 5.97. The average Bonchev–Trinajstić information content (AvgIpc) is 3.23. The van der Waals surface area contributed by atoms with Crippen molar-refractivity contribution >= 4 is 23.4 Å². The van der Waals surface area contributed by atoms with Crippen molar-refractivity contribution in [3.63, 3.8) is 0 Å². The van der Waals surface area contributed by atoms with Gasteiger partial charge in [0.15, 0.2) is 11.6 Å². The molecule has 0 saturated heterocycles. The summed E-state index contributed by atoms with van der Waals surface area (Å²) in [7, 11) is 0. The number of benzene rings is 2. The smallest absolute Gasteiger partial charge is 0.323 e. The molecule has 0 aliphatic rings. The van der Waals surface area contributed by atoms with Crippen LogP contribution in [-0.4, -0.2) is 25.8 Å². The van der Waals surface area contributed by atoms with Gasteiger partial charge in [0.25, 0.3) is 0 Å². The fourth-order valence-electron chi connectivity index (χ4n) is 3.26. The van der Waals surface area contributed by atoms with Crippen molar-refractivity contribution in [3.05, 3.63) is 72.6 Å². The van der Waals surface area contributed by atoms with Gasteiger partial charge < -0.3 is 16.4 Å². The molecule has 0 fully saturated rings. The first-order valence-corrected chi connectivity index (χ1v) is 10.4. The van der Waals surface area contributed by atoms with Crippen LogP contribution >= 0.6 is 0 Å². The zero-order valence-corrected chi connectivity index (χ0v) is 18.8. The molecule has 0 aliphatic carbocycles. The van der Waals surface area contributed by atoms with E-state index in [1.807, 2.05) is 37.7 Å². The maximum absolute atomic E-state index is 13.4. The van der Waals surface area contributed by atoms with Gasteiger partial charge in [-0.25, -0.2) is 23.5 Å². The number of carbonyl (C=O) groups excluding carboxylic acids is 1. The highest BCUT2D eigenvalue weighted by Crippen LogP contribution is 2.33. The summed E-state index contributed by atoms with van der Waals surface area (Å²) in [4.78, 5) is 20.7. The SMILES string of the molecule is CC(C)(C)n1cc(-c2cccc(NC(=O)Nc3ccc(F)c(F)c3)c2)c(-c2ccnc(N)n2)n1. The number of nitrogens with one attached hydrogen (secondary N) is 2. The molecular weight excluding hydrogens is 440 g/mol. The Morgan fingerprint density at radius 1 is 1.00 bits per heavy atom. The van der Waals surface area contributed by atoms with E-state index < -0.39 is 17.7 Å². The van der Waals surface area contributed by atoms with Gasteiger partial charge in [0.1, 0.15) is 5.69 Å². The third kappa shape index (κ3) is 5.01. The Morgan fingerprint density at radius 2 is 1.74 bits per heavy atom.